The minimum absolute atomic E-state index is 0.338. The van der Waals surface area contributed by atoms with Gasteiger partial charge in [0.1, 0.15) is 11.7 Å². The number of rotatable bonds is 1. The monoisotopic (exact) mass is 275 g/mol. The number of aryl methyl sites for hydroxylation is 1. The quantitative estimate of drug-likeness (QED) is 0.678. The van der Waals surface area contributed by atoms with Crippen LogP contribution in [0.5, 0.6) is 0 Å². The van der Waals surface area contributed by atoms with Crippen LogP contribution in [0.1, 0.15) is 5.56 Å². The van der Waals surface area contributed by atoms with Crippen molar-refractivity contribution in [1.82, 2.24) is 19.4 Å². The maximum Gasteiger partial charge on any atom is 0.282 e. The standard InChI is InChI=1S/C12H10ClN5O/c1-7-2-3-8(4-10(7)13)18-11-9(5-16-18)12(19)17(14)6-15-11/h2-6H,14H2,1H3. The fourth-order valence-corrected chi connectivity index (χ4v) is 2.00. The summed E-state index contributed by atoms with van der Waals surface area (Å²) in [5.74, 6) is 5.46. The van der Waals surface area contributed by atoms with Gasteiger partial charge in [0.2, 0.25) is 0 Å². The predicted octanol–water partition coefficient (Wildman–Crippen LogP) is 1.26. The Bertz CT molecular complexity index is 836. The molecule has 0 unspecified atom stereocenters. The molecule has 0 aliphatic heterocycles. The highest BCUT2D eigenvalue weighted by molar-refractivity contribution is 6.31. The van der Waals surface area contributed by atoms with Crippen LogP contribution in [0.3, 0.4) is 0 Å². The Balaban J connectivity index is 2.29. The van der Waals surface area contributed by atoms with Crippen molar-refractivity contribution in [2.75, 3.05) is 5.84 Å². The average Bonchev–Trinajstić information content (AvgIpc) is 2.82. The Morgan fingerprint density at radius 1 is 1.37 bits per heavy atom. The number of fused-ring (bicyclic) bond motifs is 1. The molecule has 7 heteroatoms. The molecule has 3 rings (SSSR count). The summed E-state index contributed by atoms with van der Waals surface area (Å²) in [5.41, 5.74) is 1.83. The van der Waals surface area contributed by atoms with E-state index >= 15 is 0 Å². The van der Waals surface area contributed by atoms with E-state index in [1.165, 1.54) is 12.5 Å². The van der Waals surface area contributed by atoms with E-state index in [2.05, 4.69) is 10.1 Å². The molecule has 0 amide bonds. The van der Waals surface area contributed by atoms with E-state index in [4.69, 9.17) is 17.4 Å². The number of nitrogens with zero attached hydrogens (tertiary/aromatic N) is 4. The second-order valence-corrected chi connectivity index (χ2v) is 4.59. The van der Waals surface area contributed by atoms with Crippen molar-refractivity contribution in [3.8, 4) is 5.69 Å². The van der Waals surface area contributed by atoms with E-state index in [0.29, 0.717) is 16.1 Å². The van der Waals surface area contributed by atoms with E-state index in [1.807, 2.05) is 19.1 Å². The Kier molecular flexibility index (Phi) is 2.53. The molecule has 0 saturated carbocycles. The lowest BCUT2D eigenvalue weighted by Gasteiger charge is -2.05. The molecule has 96 valence electrons. The van der Waals surface area contributed by atoms with Crippen LogP contribution in [0.25, 0.3) is 16.7 Å². The molecule has 6 nitrogen and oxygen atoms in total. The van der Waals surface area contributed by atoms with Gasteiger partial charge in [-0.25, -0.2) is 14.3 Å². The SMILES string of the molecule is Cc1ccc(-n2ncc3c(=O)n(N)cnc32)cc1Cl. The highest BCUT2D eigenvalue weighted by Crippen LogP contribution is 2.20. The lowest BCUT2D eigenvalue weighted by molar-refractivity contribution is 0.873. The Morgan fingerprint density at radius 3 is 2.89 bits per heavy atom. The van der Waals surface area contributed by atoms with Gasteiger partial charge in [-0.2, -0.15) is 5.10 Å². The van der Waals surface area contributed by atoms with Crippen LogP contribution in [-0.4, -0.2) is 19.4 Å². The molecule has 3 aromatic rings. The molecule has 2 N–H and O–H groups in total. The molecule has 2 heterocycles. The van der Waals surface area contributed by atoms with Gasteiger partial charge in [-0.3, -0.25) is 4.79 Å². The van der Waals surface area contributed by atoms with Crippen LogP contribution >= 0.6 is 11.6 Å². The summed E-state index contributed by atoms with van der Waals surface area (Å²) < 4.78 is 2.48. The topological polar surface area (TPSA) is 78.7 Å². The number of halogens is 1. The van der Waals surface area contributed by atoms with Gasteiger partial charge in [-0.05, 0) is 24.6 Å². The zero-order valence-electron chi connectivity index (χ0n) is 10.0. The van der Waals surface area contributed by atoms with Gasteiger partial charge >= 0.3 is 0 Å². The molecule has 0 atom stereocenters. The highest BCUT2D eigenvalue weighted by atomic mass is 35.5. The summed E-state index contributed by atoms with van der Waals surface area (Å²) in [5, 5.41) is 5.16. The summed E-state index contributed by atoms with van der Waals surface area (Å²) in [6, 6.07) is 5.53. The third-order valence-electron chi connectivity index (χ3n) is 2.91. The summed E-state index contributed by atoms with van der Waals surface area (Å²) >= 11 is 6.09. The van der Waals surface area contributed by atoms with Crippen LogP contribution in [0, 0.1) is 6.92 Å². The van der Waals surface area contributed by atoms with Crippen LogP contribution < -0.4 is 11.4 Å². The molecule has 19 heavy (non-hydrogen) atoms. The first-order valence-corrected chi connectivity index (χ1v) is 5.93. The fraction of sp³-hybridized carbons (Fsp3) is 0.0833. The minimum atomic E-state index is -0.338. The lowest BCUT2D eigenvalue weighted by Crippen LogP contribution is -2.26. The van der Waals surface area contributed by atoms with Crippen molar-refractivity contribution in [2.45, 2.75) is 6.92 Å². The number of benzene rings is 1. The Morgan fingerprint density at radius 2 is 2.16 bits per heavy atom. The fourth-order valence-electron chi connectivity index (χ4n) is 1.83. The van der Waals surface area contributed by atoms with Gasteiger partial charge in [0.05, 0.1) is 11.9 Å². The van der Waals surface area contributed by atoms with E-state index in [0.717, 1.165) is 15.9 Å². The van der Waals surface area contributed by atoms with Crippen molar-refractivity contribution in [3.05, 3.63) is 51.7 Å². The zero-order chi connectivity index (χ0) is 13.6. The highest BCUT2D eigenvalue weighted by Gasteiger charge is 2.11. The smallest absolute Gasteiger partial charge is 0.282 e. The normalized spacial score (nSPS) is 11.1. The molecule has 1 aromatic carbocycles. The molecule has 0 radical (unpaired) electrons. The van der Waals surface area contributed by atoms with E-state index in [1.54, 1.807) is 10.7 Å². The Labute approximate surface area is 113 Å². The van der Waals surface area contributed by atoms with Crippen LogP contribution in [-0.2, 0) is 0 Å². The molecule has 0 fully saturated rings. The van der Waals surface area contributed by atoms with Crippen LogP contribution in [0.15, 0.2) is 35.5 Å². The van der Waals surface area contributed by atoms with Crippen LogP contribution in [0.2, 0.25) is 5.02 Å². The average molecular weight is 276 g/mol. The summed E-state index contributed by atoms with van der Waals surface area (Å²) in [4.78, 5) is 15.9. The molecule has 0 saturated heterocycles. The number of hydrogen-bond acceptors (Lipinski definition) is 4. The minimum Gasteiger partial charge on any atom is -0.335 e. The number of hydrogen-bond donors (Lipinski definition) is 1. The molecular weight excluding hydrogens is 266 g/mol. The van der Waals surface area contributed by atoms with Crippen molar-refractivity contribution < 1.29 is 0 Å². The van der Waals surface area contributed by atoms with Crippen molar-refractivity contribution in [3.63, 3.8) is 0 Å². The first-order valence-electron chi connectivity index (χ1n) is 5.55. The van der Waals surface area contributed by atoms with E-state index in [9.17, 15) is 4.79 Å². The molecule has 2 aromatic heterocycles. The van der Waals surface area contributed by atoms with Crippen molar-refractivity contribution in [2.24, 2.45) is 0 Å². The molecule has 0 aliphatic rings. The Hall–Kier alpha value is -2.34. The van der Waals surface area contributed by atoms with Crippen molar-refractivity contribution >= 4 is 22.6 Å². The van der Waals surface area contributed by atoms with Gasteiger partial charge < -0.3 is 5.84 Å². The first kappa shape index (κ1) is 11.7. The third kappa shape index (κ3) is 1.77. The molecule has 0 bridgehead atoms. The van der Waals surface area contributed by atoms with E-state index < -0.39 is 0 Å². The number of nitrogen functional groups attached to an aromatic ring is 1. The zero-order valence-corrected chi connectivity index (χ0v) is 10.8. The molecule has 0 spiro atoms. The second-order valence-electron chi connectivity index (χ2n) is 4.18. The predicted molar refractivity (Wildman–Crippen MR) is 73.0 cm³/mol. The van der Waals surface area contributed by atoms with E-state index in [-0.39, 0.29) is 5.56 Å². The van der Waals surface area contributed by atoms with Gasteiger partial charge in [-0.15, -0.1) is 0 Å². The lowest BCUT2D eigenvalue weighted by atomic mass is 10.2. The number of nitrogens with two attached hydrogens (primary N) is 1. The third-order valence-corrected chi connectivity index (χ3v) is 3.32. The molecular formula is C12H10ClN5O. The van der Waals surface area contributed by atoms with Gasteiger partial charge in [0.15, 0.2) is 5.65 Å². The van der Waals surface area contributed by atoms with Gasteiger partial charge in [0, 0.05) is 5.02 Å². The maximum atomic E-state index is 11.8. The van der Waals surface area contributed by atoms with Gasteiger partial charge in [0.25, 0.3) is 5.56 Å². The second kappa shape index (κ2) is 4.10. The van der Waals surface area contributed by atoms with Crippen LogP contribution in [0.4, 0.5) is 0 Å². The van der Waals surface area contributed by atoms with Gasteiger partial charge in [-0.1, -0.05) is 17.7 Å². The summed E-state index contributed by atoms with van der Waals surface area (Å²) in [6.07, 6.45) is 2.71. The summed E-state index contributed by atoms with van der Waals surface area (Å²) in [6.45, 7) is 1.92. The van der Waals surface area contributed by atoms with Crippen molar-refractivity contribution in [1.29, 1.82) is 0 Å². The largest absolute Gasteiger partial charge is 0.335 e. The first-order chi connectivity index (χ1) is 9.08. The number of aromatic nitrogens is 4. The maximum absolute atomic E-state index is 11.8. The molecule has 0 aliphatic carbocycles. The summed E-state index contributed by atoms with van der Waals surface area (Å²) in [7, 11) is 0.